The van der Waals surface area contributed by atoms with Gasteiger partial charge in [-0.05, 0) is 0 Å². The van der Waals surface area contributed by atoms with Gasteiger partial charge in [0.25, 0.3) is 5.91 Å². The summed E-state index contributed by atoms with van der Waals surface area (Å²) < 4.78 is 0. The molecule has 0 aliphatic heterocycles. The van der Waals surface area contributed by atoms with Crippen molar-refractivity contribution in [1.29, 1.82) is 0 Å². The Bertz CT molecular complexity index is 208. The number of carbonyl (C=O) groups is 3. The highest BCUT2D eigenvalue weighted by atomic mass is 16.7. The number of rotatable bonds is 6. The van der Waals surface area contributed by atoms with Crippen molar-refractivity contribution < 1.29 is 24.1 Å². The van der Waals surface area contributed by atoms with Crippen LogP contribution in [0, 0.1) is 0 Å². The van der Waals surface area contributed by atoms with Crippen LogP contribution in [-0.2, 0) is 24.1 Å². The maximum atomic E-state index is 10.7. The fourth-order valence-electron chi connectivity index (χ4n) is 0.420. The van der Waals surface area contributed by atoms with Gasteiger partial charge < -0.3 is 5.73 Å². The summed E-state index contributed by atoms with van der Waals surface area (Å²) >= 11 is 0. The Labute approximate surface area is 79.6 Å². The summed E-state index contributed by atoms with van der Waals surface area (Å²) in [6, 6.07) is 0. The van der Waals surface area contributed by atoms with Crippen molar-refractivity contribution in [3.05, 3.63) is 0 Å². The summed E-state index contributed by atoms with van der Waals surface area (Å²) in [5.74, 6) is -1.80. The second-order valence-electron chi connectivity index (χ2n) is 2.23. The molecule has 0 aliphatic carbocycles. The number of amides is 3. The Morgan fingerprint density at radius 3 is 2.21 bits per heavy atom. The molecule has 80 valence electrons. The van der Waals surface area contributed by atoms with Crippen LogP contribution in [0.1, 0.15) is 6.92 Å². The lowest BCUT2D eigenvalue weighted by Gasteiger charge is -2.04. The summed E-state index contributed by atoms with van der Waals surface area (Å²) in [6.07, 6.45) is 0. The maximum Gasteiger partial charge on any atom is 0.272 e. The van der Waals surface area contributed by atoms with Crippen molar-refractivity contribution in [1.82, 2.24) is 11.0 Å². The van der Waals surface area contributed by atoms with Crippen LogP contribution in [-0.4, -0.2) is 30.9 Å². The normalized spacial score (nSPS) is 9.21. The van der Waals surface area contributed by atoms with Gasteiger partial charge >= 0.3 is 0 Å². The lowest BCUT2D eigenvalue weighted by atomic mass is 10.7. The number of hydroxylamine groups is 2. The first-order chi connectivity index (χ1) is 6.52. The highest BCUT2D eigenvalue weighted by molar-refractivity contribution is 5.78. The molecule has 0 aliphatic rings. The lowest BCUT2D eigenvalue weighted by Crippen LogP contribution is -2.34. The Morgan fingerprint density at radius 1 is 1.14 bits per heavy atom. The van der Waals surface area contributed by atoms with Gasteiger partial charge in [-0.15, -0.1) is 0 Å². The molecule has 8 heteroatoms. The average molecular weight is 205 g/mol. The number of hydrogen-bond donors (Lipinski definition) is 3. The minimum atomic E-state index is -0.715. The van der Waals surface area contributed by atoms with Crippen molar-refractivity contribution in [2.24, 2.45) is 5.73 Å². The van der Waals surface area contributed by atoms with Gasteiger partial charge in [-0.3, -0.25) is 24.1 Å². The number of primary amides is 1. The Balaban J connectivity index is 3.37. The molecule has 0 aromatic rings. The molecule has 3 amide bonds. The maximum absolute atomic E-state index is 10.7. The Hall–Kier alpha value is -1.67. The summed E-state index contributed by atoms with van der Waals surface area (Å²) in [5, 5.41) is 0. The zero-order valence-corrected chi connectivity index (χ0v) is 7.53. The zero-order valence-electron chi connectivity index (χ0n) is 7.53. The van der Waals surface area contributed by atoms with Gasteiger partial charge in [0.1, 0.15) is 0 Å². The molecule has 0 saturated carbocycles. The summed E-state index contributed by atoms with van der Waals surface area (Å²) in [4.78, 5) is 39.9. The molecule has 0 bridgehead atoms. The van der Waals surface area contributed by atoms with Gasteiger partial charge in [0.2, 0.25) is 11.8 Å². The topological polar surface area (TPSA) is 120 Å². The second kappa shape index (κ2) is 6.80. The van der Waals surface area contributed by atoms with Crippen LogP contribution in [0.25, 0.3) is 0 Å². The van der Waals surface area contributed by atoms with E-state index in [4.69, 9.17) is 5.73 Å². The summed E-state index contributed by atoms with van der Waals surface area (Å²) in [5.41, 5.74) is 8.52. The van der Waals surface area contributed by atoms with Crippen molar-refractivity contribution in [2.45, 2.75) is 6.92 Å². The third kappa shape index (κ3) is 8.43. The summed E-state index contributed by atoms with van der Waals surface area (Å²) in [6.45, 7) is 0.381. The number of nitrogens with two attached hydrogens (primary N) is 1. The molecule has 4 N–H and O–H groups in total. The first-order valence-corrected chi connectivity index (χ1v) is 3.59. The van der Waals surface area contributed by atoms with Gasteiger partial charge in [0.05, 0.1) is 0 Å². The smallest absolute Gasteiger partial charge is 0.272 e. The van der Waals surface area contributed by atoms with Gasteiger partial charge in [-0.1, -0.05) is 0 Å². The van der Waals surface area contributed by atoms with Crippen molar-refractivity contribution in [3.8, 4) is 0 Å². The zero-order chi connectivity index (χ0) is 11.0. The Kier molecular flexibility index (Phi) is 5.99. The van der Waals surface area contributed by atoms with Crippen LogP contribution in [0.5, 0.6) is 0 Å². The first-order valence-electron chi connectivity index (χ1n) is 3.59. The number of carbonyl (C=O) groups excluding carboxylic acids is 3. The molecule has 0 heterocycles. The van der Waals surface area contributed by atoms with E-state index in [1.54, 1.807) is 0 Å². The van der Waals surface area contributed by atoms with Crippen molar-refractivity contribution in [2.75, 3.05) is 13.2 Å². The van der Waals surface area contributed by atoms with E-state index in [1.165, 1.54) is 6.92 Å². The van der Waals surface area contributed by atoms with Gasteiger partial charge in [0, 0.05) is 6.92 Å². The number of nitrogens with one attached hydrogen (secondary N) is 2. The van der Waals surface area contributed by atoms with E-state index in [-0.39, 0.29) is 0 Å². The highest BCUT2D eigenvalue weighted by Gasteiger charge is 2.02. The lowest BCUT2D eigenvalue weighted by molar-refractivity contribution is -0.146. The summed E-state index contributed by atoms with van der Waals surface area (Å²) in [7, 11) is 0. The van der Waals surface area contributed by atoms with Crippen LogP contribution >= 0.6 is 0 Å². The van der Waals surface area contributed by atoms with Crippen LogP contribution in [0.4, 0.5) is 0 Å². The largest absolute Gasteiger partial charge is 0.368 e. The first kappa shape index (κ1) is 12.3. The molecule has 0 radical (unpaired) electrons. The number of hydrogen-bond acceptors (Lipinski definition) is 5. The van der Waals surface area contributed by atoms with Gasteiger partial charge in [-0.2, -0.15) is 0 Å². The molecular weight excluding hydrogens is 194 g/mol. The third-order valence-electron chi connectivity index (χ3n) is 0.820. The van der Waals surface area contributed by atoms with Crippen LogP contribution < -0.4 is 16.7 Å². The predicted molar refractivity (Wildman–Crippen MR) is 43.1 cm³/mol. The van der Waals surface area contributed by atoms with E-state index < -0.39 is 30.9 Å². The molecular formula is C6H11N3O5. The van der Waals surface area contributed by atoms with Crippen LogP contribution in [0.15, 0.2) is 0 Å². The molecule has 0 unspecified atom stereocenters. The fraction of sp³-hybridized carbons (Fsp3) is 0.500. The van der Waals surface area contributed by atoms with Crippen LogP contribution in [0.2, 0.25) is 0 Å². The van der Waals surface area contributed by atoms with E-state index in [0.717, 1.165) is 0 Å². The van der Waals surface area contributed by atoms with E-state index in [9.17, 15) is 14.4 Å². The molecule has 0 spiro atoms. The predicted octanol–water partition coefficient (Wildman–Crippen LogP) is -2.41. The second-order valence-corrected chi connectivity index (χ2v) is 2.23. The molecule has 0 atom stereocenters. The Morgan fingerprint density at radius 2 is 1.71 bits per heavy atom. The molecule has 14 heavy (non-hydrogen) atoms. The SMILES string of the molecule is CC(=O)NOCC(=O)NOCC(N)=O. The highest BCUT2D eigenvalue weighted by Crippen LogP contribution is 1.72. The van der Waals surface area contributed by atoms with Crippen LogP contribution in [0.3, 0.4) is 0 Å². The van der Waals surface area contributed by atoms with Crippen molar-refractivity contribution >= 4 is 17.7 Å². The molecule has 0 fully saturated rings. The fourth-order valence-corrected chi connectivity index (χ4v) is 0.420. The van der Waals surface area contributed by atoms with E-state index in [2.05, 4.69) is 9.68 Å². The molecule has 0 aromatic carbocycles. The average Bonchev–Trinajstić information content (AvgIpc) is 2.02. The van der Waals surface area contributed by atoms with E-state index in [1.807, 2.05) is 11.0 Å². The minimum absolute atomic E-state index is 0.418. The van der Waals surface area contributed by atoms with E-state index in [0.29, 0.717) is 0 Å². The molecule has 0 aromatic heterocycles. The van der Waals surface area contributed by atoms with Gasteiger partial charge in [-0.25, -0.2) is 11.0 Å². The minimum Gasteiger partial charge on any atom is -0.368 e. The van der Waals surface area contributed by atoms with E-state index >= 15 is 0 Å². The molecule has 0 rings (SSSR count). The van der Waals surface area contributed by atoms with Crippen molar-refractivity contribution in [3.63, 3.8) is 0 Å². The van der Waals surface area contributed by atoms with Gasteiger partial charge in [0.15, 0.2) is 13.2 Å². The quantitative estimate of drug-likeness (QED) is 0.417. The molecule has 0 saturated heterocycles. The standard InChI is InChI=1S/C6H11N3O5/c1-4(10)8-14-3-6(12)9-13-2-5(7)11/h2-3H2,1H3,(H2,7,11)(H,8,10)(H,9,12). The molecule has 8 nitrogen and oxygen atoms in total. The third-order valence-corrected chi connectivity index (χ3v) is 0.820. The monoisotopic (exact) mass is 205 g/mol.